The Morgan fingerprint density at radius 1 is 0.971 bits per heavy atom. The third-order valence-electron chi connectivity index (χ3n) is 5.00. The number of ether oxygens (including phenoxy) is 2. The molecule has 0 aliphatic heterocycles. The van der Waals surface area contributed by atoms with Gasteiger partial charge in [-0.15, -0.1) is 0 Å². The van der Waals surface area contributed by atoms with Crippen molar-refractivity contribution in [2.45, 2.75) is 6.92 Å². The zero-order chi connectivity index (χ0) is 24.8. The summed E-state index contributed by atoms with van der Waals surface area (Å²) < 4.78 is 10.7. The molecular formula is C26H22ClN3O4S. The molecule has 0 radical (unpaired) electrons. The largest absolute Gasteiger partial charge is 0.497 e. The lowest BCUT2D eigenvalue weighted by molar-refractivity contribution is -0.118. The van der Waals surface area contributed by atoms with Gasteiger partial charge in [0.05, 0.1) is 7.11 Å². The molecule has 1 aromatic heterocycles. The van der Waals surface area contributed by atoms with Gasteiger partial charge in [0.15, 0.2) is 11.7 Å². The van der Waals surface area contributed by atoms with Crippen LogP contribution in [0, 0.1) is 6.92 Å². The van der Waals surface area contributed by atoms with Crippen LogP contribution in [0.25, 0.3) is 11.3 Å². The molecule has 0 saturated carbocycles. The van der Waals surface area contributed by atoms with Gasteiger partial charge in [0.25, 0.3) is 11.8 Å². The lowest BCUT2D eigenvalue weighted by Crippen LogP contribution is -2.20. The Hall–Kier alpha value is -3.88. The van der Waals surface area contributed by atoms with Crippen molar-refractivity contribution in [3.8, 4) is 22.8 Å². The summed E-state index contributed by atoms with van der Waals surface area (Å²) >= 11 is 7.20. The second-order valence-electron chi connectivity index (χ2n) is 7.49. The number of anilines is 2. The van der Waals surface area contributed by atoms with E-state index < -0.39 is 0 Å². The first kappa shape index (κ1) is 24.3. The first-order valence-electron chi connectivity index (χ1n) is 10.6. The van der Waals surface area contributed by atoms with Gasteiger partial charge in [-0.25, -0.2) is 4.98 Å². The second kappa shape index (κ2) is 11.0. The number of rotatable bonds is 8. The van der Waals surface area contributed by atoms with Gasteiger partial charge in [-0.05, 0) is 55.0 Å². The summed E-state index contributed by atoms with van der Waals surface area (Å²) in [4.78, 5) is 29.9. The SMILES string of the molecule is COc1ccc(C(=O)Nc2sc(NC(=O)COc3ccc(Cl)c(C)c3)nc2-c2ccccc2)cc1. The van der Waals surface area contributed by atoms with Gasteiger partial charge in [-0.1, -0.05) is 53.3 Å². The molecule has 7 nitrogen and oxygen atoms in total. The highest BCUT2D eigenvalue weighted by molar-refractivity contribution is 7.20. The van der Waals surface area contributed by atoms with E-state index in [1.807, 2.05) is 37.3 Å². The van der Waals surface area contributed by atoms with E-state index in [1.165, 1.54) is 11.3 Å². The molecule has 0 saturated heterocycles. The molecule has 0 bridgehead atoms. The molecule has 0 aliphatic carbocycles. The molecule has 0 atom stereocenters. The number of nitrogens with zero attached hydrogens (tertiary/aromatic N) is 1. The van der Waals surface area contributed by atoms with Crippen molar-refractivity contribution < 1.29 is 19.1 Å². The number of methoxy groups -OCH3 is 1. The predicted octanol–water partition coefficient (Wildman–Crippen LogP) is 6.05. The Bertz CT molecular complexity index is 1340. The van der Waals surface area contributed by atoms with E-state index in [0.717, 1.165) is 11.1 Å². The van der Waals surface area contributed by atoms with Crippen molar-refractivity contribution in [2.75, 3.05) is 24.4 Å². The highest BCUT2D eigenvalue weighted by atomic mass is 35.5. The minimum atomic E-state index is -0.376. The number of aromatic nitrogens is 1. The summed E-state index contributed by atoms with van der Waals surface area (Å²) in [6, 6.07) is 21.4. The number of carbonyl (C=O) groups excluding carboxylic acids is 2. The fourth-order valence-electron chi connectivity index (χ4n) is 3.18. The minimum absolute atomic E-state index is 0.200. The Balaban J connectivity index is 1.50. The van der Waals surface area contributed by atoms with Crippen LogP contribution < -0.4 is 20.1 Å². The van der Waals surface area contributed by atoms with Gasteiger partial charge < -0.3 is 14.8 Å². The van der Waals surface area contributed by atoms with Gasteiger partial charge in [-0.2, -0.15) is 0 Å². The van der Waals surface area contributed by atoms with Gasteiger partial charge in [0.2, 0.25) is 0 Å². The van der Waals surface area contributed by atoms with E-state index in [9.17, 15) is 9.59 Å². The topological polar surface area (TPSA) is 89.6 Å². The lowest BCUT2D eigenvalue weighted by Gasteiger charge is -2.07. The van der Waals surface area contributed by atoms with Gasteiger partial charge in [-0.3, -0.25) is 14.9 Å². The number of hydrogen-bond acceptors (Lipinski definition) is 6. The number of benzene rings is 3. The maximum absolute atomic E-state index is 12.8. The number of aryl methyl sites for hydroxylation is 1. The van der Waals surface area contributed by atoms with Crippen molar-refractivity contribution in [1.82, 2.24) is 4.98 Å². The molecule has 4 aromatic rings. The maximum Gasteiger partial charge on any atom is 0.264 e. The van der Waals surface area contributed by atoms with Crippen LogP contribution in [-0.4, -0.2) is 30.5 Å². The van der Waals surface area contributed by atoms with Crippen molar-refractivity contribution in [3.05, 3.63) is 88.9 Å². The first-order valence-corrected chi connectivity index (χ1v) is 11.8. The van der Waals surface area contributed by atoms with Crippen molar-refractivity contribution in [2.24, 2.45) is 0 Å². The zero-order valence-electron chi connectivity index (χ0n) is 19.0. The Morgan fingerprint density at radius 2 is 1.69 bits per heavy atom. The number of amides is 2. The molecule has 2 amide bonds. The van der Waals surface area contributed by atoms with Gasteiger partial charge in [0, 0.05) is 16.1 Å². The third kappa shape index (κ3) is 6.17. The lowest BCUT2D eigenvalue weighted by atomic mass is 10.1. The number of carbonyl (C=O) groups is 2. The average molecular weight is 508 g/mol. The van der Waals surface area contributed by atoms with E-state index in [2.05, 4.69) is 15.6 Å². The average Bonchev–Trinajstić information content (AvgIpc) is 3.27. The number of halogens is 1. The Kier molecular flexibility index (Phi) is 7.64. The standard InChI is InChI=1S/C26H22ClN3O4S/c1-16-14-20(12-13-21(16)27)34-15-22(31)28-26-29-23(17-6-4-3-5-7-17)25(35-26)30-24(32)18-8-10-19(33-2)11-9-18/h3-14H,15H2,1-2H3,(H,30,32)(H,28,29,31). The van der Waals surface area contributed by atoms with Crippen molar-refractivity contribution in [3.63, 3.8) is 0 Å². The van der Waals surface area contributed by atoms with Crippen LogP contribution in [0.4, 0.5) is 10.1 Å². The van der Waals surface area contributed by atoms with Crippen LogP contribution in [0.3, 0.4) is 0 Å². The first-order chi connectivity index (χ1) is 16.9. The minimum Gasteiger partial charge on any atom is -0.497 e. The Labute approximate surface area is 211 Å². The van der Waals surface area contributed by atoms with E-state index in [1.54, 1.807) is 49.6 Å². The molecular weight excluding hydrogens is 486 g/mol. The molecule has 35 heavy (non-hydrogen) atoms. The zero-order valence-corrected chi connectivity index (χ0v) is 20.6. The summed E-state index contributed by atoms with van der Waals surface area (Å²) in [6.07, 6.45) is 0. The summed E-state index contributed by atoms with van der Waals surface area (Å²) in [5, 5.41) is 7.14. The molecule has 0 fully saturated rings. The molecule has 3 aromatic carbocycles. The fraction of sp³-hybridized carbons (Fsp3) is 0.115. The highest BCUT2D eigenvalue weighted by Gasteiger charge is 2.18. The fourth-order valence-corrected chi connectivity index (χ4v) is 4.20. The molecule has 0 aliphatic rings. The smallest absolute Gasteiger partial charge is 0.264 e. The molecule has 4 rings (SSSR count). The summed E-state index contributed by atoms with van der Waals surface area (Å²) in [5.74, 6) is 0.524. The number of thiazole rings is 1. The van der Waals surface area contributed by atoms with Crippen LogP contribution >= 0.6 is 22.9 Å². The Morgan fingerprint density at radius 3 is 2.37 bits per heavy atom. The number of hydrogen-bond donors (Lipinski definition) is 2. The molecule has 2 N–H and O–H groups in total. The third-order valence-corrected chi connectivity index (χ3v) is 6.31. The normalized spacial score (nSPS) is 10.5. The quantitative estimate of drug-likeness (QED) is 0.303. The van der Waals surface area contributed by atoms with Crippen LogP contribution in [0.5, 0.6) is 11.5 Å². The van der Waals surface area contributed by atoms with Crippen LogP contribution in [0.1, 0.15) is 15.9 Å². The molecule has 178 valence electrons. The summed E-state index contributed by atoms with van der Waals surface area (Å²) in [7, 11) is 1.57. The van der Waals surface area contributed by atoms with E-state index >= 15 is 0 Å². The molecule has 0 spiro atoms. The second-order valence-corrected chi connectivity index (χ2v) is 8.90. The summed E-state index contributed by atoms with van der Waals surface area (Å²) in [6.45, 7) is 1.66. The molecule has 1 heterocycles. The van der Waals surface area contributed by atoms with E-state index in [4.69, 9.17) is 21.1 Å². The highest BCUT2D eigenvalue weighted by Crippen LogP contribution is 2.36. The summed E-state index contributed by atoms with van der Waals surface area (Å²) in [5.41, 5.74) is 2.69. The van der Waals surface area contributed by atoms with Crippen LogP contribution in [-0.2, 0) is 4.79 Å². The van der Waals surface area contributed by atoms with Crippen LogP contribution in [0.15, 0.2) is 72.8 Å². The maximum atomic E-state index is 12.8. The van der Waals surface area contributed by atoms with Crippen molar-refractivity contribution >= 4 is 44.9 Å². The monoisotopic (exact) mass is 507 g/mol. The van der Waals surface area contributed by atoms with E-state index in [-0.39, 0.29) is 18.4 Å². The van der Waals surface area contributed by atoms with Crippen molar-refractivity contribution in [1.29, 1.82) is 0 Å². The molecule has 9 heteroatoms. The molecule has 0 unspecified atom stereocenters. The van der Waals surface area contributed by atoms with Crippen LogP contribution in [0.2, 0.25) is 5.02 Å². The van der Waals surface area contributed by atoms with Gasteiger partial charge >= 0.3 is 0 Å². The van der Waals surface area contributed by atoms with E-state index in [0.29, 0.717) is 37.9 Å². The van der Waals surface area contributed by atoms with Gasteiger partial charge in [0.1, 0.15) is 22.2 Å². The number of nitrogens with one attached hydrogen (secondary N) is 2. The predicted molar refractivity (Wildman–Crippen MR) is 139 cm³/mol.